The van der Waals surface area contributed by atoms with Crippen molar-refractivity contribution in [2.75, 3.05) is 13.7 Å². The summed E-state index contributed by atoms with van der Waals surface area (Å²) in [5, 5.41) is 0.575. The first-order valence-corrected chi connectivity index (χ1v) is 6.67. The number of hydrogen-bond donors (Lipinski definition) is 2. The average molecular weight is 277 g/mol. The maximum absolute atomic E-state index is 11.2. The zero-order valence-corrected chi connectivity index (χ0v) is 11.3. The molecule has 1 heterocycles. The fraction of sp³-hybridized carbons (Fsp3) is 0.231. The van der Waals surface area contributed by atoms with Crippen LogP contribution in [0.2, 0.25) is 0 Å². The van der Waals surface area contributed by atoms with Gasteiger partial charge in [-0.25, -0.2) is 4.98 Å². The zero-order chi connectivity index (χ0) is 13.7. The number of nitrogens with two attached hydrogens (primary N) is 1. The van der Waals surface area contributed by atoms with E-state index in [2.05, 4.69) is 9.97 Å². The van der Waals surface area contributed by atoms with Gasteiger partial charge in [0, 0.05) is 24.1 Å². The molecule has 0 fully saturated rings. The molecule has 1 unspecified atom stereocenters. The quantitative estimate of drug-likeness (QED) is 0.640. The molecule has 0 bridgehead atoms. The van der Waals surface area contributed by atoms with Gasteiger partial charge in [-0.05, 0) is 17.7 Å². The van der Waals surface area contributed by atoms with E-state index in [4.69, 9.17) is 10.5 Å². The number of methoxy groups -OCH3 is 1. The van der Waals surface area contributed by atoms with E-state index < -0.39 is 0 Å². The van der Waals surface area contributed by atoms with Gasteiger partial charge >= 0.3 is 0 Å². The van der Waals surface area contributed by atoms with Crippen LogP contribution in [-0.4, -0.2) is 23.6 Å². The molecule has 1 aromatic carbocycles. The highest BCUT2D eigenvalue weighted by Gasteiger charge is 2.13. The number of aromatic nitrogens is 2. The molecule has 1 atom stereocenters. The number of aromatic amines is 1. The largest absolute Gasteiger partial charge is 0.497 e. The number of benzene rings is 1. The molecule has 0 saturated heterocycles. The number of ether oxygens (including phenoxy) is 1. The summed E-state index contributed by atoms with van der Waals surface area (Å²) >= 11 is 1.43. The lowest BCUT2D eigenvalue weighted by Crippen LogP contribution is -2.12. The summed E-state index contributed by atoms with van der Waals surface area (Å²) in [4.78, 5) is 18.0. The van der Waals surface area contributed by atoms with Crippen LogP contribution >= 0.6 is 11.8 Å². The Morgan fingerprint density at radius 2 is 2.32 bits per heavy atom. The number of nitrogens with zero attached hydrogens (tertiary/aromatic N) is 1. The highest BCUT2D eigenvalue weighted by Crippen LogP contribution is 2.33. The number of rotatable bonds is 5. The van der Waals surface area contributed by atoms with E-state index >= 15 is 0 Å². The van der Waals surface area contributed by atoms with Crippen molar-refractivity contribution in [1.82, 2.24) is 9.97 Å². The van der Waals surface area contributed by atoms with E-state index in [-0.39, 0.29) is 10.8 Å². The van der Waals surface area contributed by atoms with Crippen LogP contribution in [0.1, 0.15) is 10.8 Å². The van der Waals surface area contributed by atoms with E-state index in [0.29, 0.717) is 11.7 Å². The standard InChI is InChI=1S/C13H15N3O2S/c1-18-10-4-2-3-9(7-10)11(8-14)19-13-15-6-5-12(17)16-13/h2-7,11H,8,14H2,1H3,(H,15,16,17). The van der Waals surface area contributed by atoms with Gasteiger partial charge in [0.25, 0.3) is 5.56 Å². The summed E-state index contributed by atoms with van der Waals surface area (Å²) in [6, 6.07) is 9.09. The minimum atomic E-state index is -0.168. The van der Waals surface area contributed by atoms with Gasteiger partial charge in [-0.3, -0.25) is 4.79 Å². The van der Waals surface area contributed by atoms with Crippen LogP contribution in [0.25, 0.3) is 0 Å². The predicted molar refractivity (Wildman–Crippen MR) is 75.5 cm³/mol. The molecule has 3 N–H and O–H groups in total. The predicted octanol–water partition coefficient (Wildman–Crippen LogP) is 1.57. The molecule has 0 amide bonds. The summed E-state index contributed by atoms with van der Waals surface area (Å²) in [5.74, 6) is 0.783. The molecule has 2 aromatic rings. The fourth-order valence-corrected chi connectivity index (χ4v) is 2.57. The molecule has 0 aliphatic heterocycles. The van der Waals surface area contributed by atoms with Gasteiger partial charge in [-0.15, -0.1) is 0 Å². The van der Waals surface area contributed by atoms with Gasteiger partial charge in [0.2, 0.25) is 0 Å². The van der Waals surface area contributed by atoms with Crippen molar-refractivity contribution in [3.05, 3.63) is 52.4 Å². The second-order valence-corrected chi connectivity index (χ2v) is 5.05. The van der Waals surface area contributed by atoms with Crippen molar-refractivity contribution in [2.45, 2.75) is 10.4 Å². The molecular weight excluding hydrogens is 262 g/mol. The molecule has 0 radical (unpaired) electrons. The van der Waals surface area contributed by atoms with E-state index in [1.807, 2.05) is 24.3 Å². The van der Waals surface area contributed by atoms with Gasteiger partial charge in [0.05, 0.1) is 7.11 Å². The third kappa shape index (κ3) is 3.59. The molecular formula is C13H15N3O2S. The molecule has 6 heteroatoms. The SMILES string of the molecule is COc1cccc(C(CN)Sc2nccc(=O)[nH]2)c1. The lowest BCUT2D eigenvalue weighted by molar-refractivity contribution is 0.414. The maximum Gasteiger partial charge on any atom is 0.251 e. The van der Waals surface area contributed by atoms with Crippen molar-refractivity contribution < 1.29 is 4.74 Å². The Bertz CT molecular complexity index is 600. The second kappa shape index (κ2) is 6.40. The normalized spacial score (nSPS) is 12.1. The molecule has 1 aromatic heterocycles. The lowest BCUT2D eigenvalue weighted by atomic mass is 10.1. The molecule has 0 aliphatic rings. The Morgan fingerprint density at radius 1 is 1.47 bits per heavy atom. The Hall–Kier alpha value is -1.79. The van der Waals surface area contributed by atoms with Gasteiger partial charge in [0.1, 0.15) is 5.75 Å². The van der Waals surface area contributed by atoms with Crippen molar-refractivity contribution in [3.63, 3.8) is 0 Å². The topological polar surface area (TPSA) is 81.0 Å². The Kier molecular flexibility index (Phi) is 4.59. The third-order valence-electron chi connectivity index (χ3n) is 2.58. The first-order valence-electron chi connectivity index (χ1n) is 5.79. The van der Waals surface area contributed by atoms with E-state index in [0.717, 1.165) is 11.3 Å². The van der Waals surface area contributed by atoms with E-state index in [9.17, 15) is 4.79 Å². The van der Waals surface area contributed by atoms with Crippen molar-refractivity contribution in [1.29, 1.82) is 0 Å². The van der Waals surface area contributed by atoms with Crippen LogP contribution in [-0.2, 0) is 0 Å². The van der Waals surface area contributed by atoms with Crippen LogP contribution in [0.5, 0.6) is 5.75 Å². The third-order valence-corrected chi connectivity index (χ3v) is 3.76. The van der Waals surface area contributed by atoms with Crippen LogP contribution in [0.4, 0.5) is 0 Å². The van der Waals surface area contributed by atoms with E-state index in [1.165, 1.54) is 24.0 Å². The van der Waals surface area contributed by atoms with Gasteiger partial charge < -0.3 is 15.5 Å². The summed E-state index contributed by atoms with van der Waals surface area (Å²) in [5.41, 5.74) is 6.67. The van der Waals surface area contributed by atoms with Gasteiger partial charge in [-0.2, -0.15) is 0 Å². The number of hydrogen-bond acceptors (Lipinski definition) is 5. The molecule has 0 saturated carbocycles. The number of nitrogens with one attached hydrogen (secondary N) is 1. The average Bonchev–Trinajstić information content (AvgIpc) is 2.45. The minimum absolute atomic E-state index is 0.0145. The molecule has 0 aliphatic carbocycles. The first-order chi connectivity index (χ1) is 9.22. The van der Waals surface area contributed by atoms with Crippen LogP contribution in [0.3, 0.4) is 0 Å². The second-order valence-electron chi connectivity index (χ2n) is 3.86. The van der Waals surface area contributed by atoms with Crippen LogP contribution in [0.15, 0.2) is 46.5 Å². The Morgan fingerprint density at radius 3 is 3.00 bits per heavy atom. The summed E-state index contributed by atoms with van der Waals surface area (Å²) < 4.78 is 5.20. The van der Waals surface area contributed by atoms with Crippen LogP contribution in [0, 0.1) is 0 Å². The van der Waals surface area contributed by atoms with E-state index in [1.54, 1.807) is 7.11 Å². The minimum Gasteiger partial charge on any atom is -0.497 e. The summed E-state index contributed by atoms with van der Waals surface area (Å²) in [6.45, 7) is 0.441. The summed E-state index contributed by atoms with van der Waals surface area (Å²) in [6.07, 6.45) is 1.49. The van der Waals surface area contributed by atoms with Crippen molar-refractivity contribution >= 4 is 11.8 Å². The fourth-order valence-electron chi connectivity index (χ4n) is 1.64. The summed E-state index contributed by atoms with van der Waals surface area (Å²) in [7, 11) is 1.62. The van der Waals surface area contributed by atoms with Crippen molar-refractivity contribution in [3.8, 4) is 5.75 Å². The molecule has 5 nitrogen and oxygen atoms in total. The molecule has 2 rings (SSSR count). The number of thioether (sulfide) groups is 1. The van der Waals surface area contributed by atoms with Gasteiger partial charge in [0.15, 0.2) is 5.16 Å². The Balaban J connectivity index is 2.22. The lowest BCUT2D eigenvalue weighted by Gasteiger charge is -2.14. The molecule has 100 valence electrons. The first kappa shape index (κ1) is 13.6. The maximum atomic E-state index is 11.2. The zero-order valence-electron chi connectivity index (χ0n) is 10.5. The molecule has 0 spiro atoms. The highest BCUT2D eigenvalue weighted by atomic mass is 32.2. The Labute approximate surface area is 115 Å². The van der Waals surface area contributed by atoms with Gasteiger partial charge in [-0.1, -0.05) is 23.9 Å². The van der Waals surface area contributed by atoms with Crippen molar-refractivity contribution in [2.24, 2.45) is 5.73 Å². The van der Waals surface area contributed by atoms with Crippen LogP contribution < -0.4 is 16.0 Å². The molecule has 19 heavy (non-hydrogen) atoms. The highest BCUT2D eigenvalue weighted by molar-refractivity contribution is 7.99. The smallest absolute Gasteiger partial charge is 0.251 e. The number of H-pyrrole nitrogens is 1. The monoisotopic (exact) mass is 277 g/mol.